The standard InChI is InChI=1S/C25H24FN3O4S/c1-15(2)27-24(31)21-22(33-25(32)29(21)14-16-8-10-18(26)11-9-16)17-5-3-6-19(13-17)28-23(30)20-7-4-12-34-20/h3-13,15,21-22H,14H2,1-2H3,(H,27,31)(H,28,30). The third kappa shape index (κ3) is 5.26. The van der Waals surface area contributed by atoms with Crippen LogP contribution >= 0.6 is 11.3 Å². The molecule has 7 nitrogen and oxygen atoms in total. The number of amides is 3. The van der Waals surface area contributed by atoms with Crippen LogP contribution in [0.2, 0.25) is 0 Å². The lowest BCUT2D eigenvalue weighted by molar-refractivity contribution is -0.126. The summed E-state index contributed by atoms with van der Waals surface area (Å²) in [5, 5.41) is 7.50. The second-order valence-corrected chi connectivity index (χ2v) is 9.17. The van der Waals surface area contributed by atoms with Gasteiger partial charge in [-0.25, -0.2) is 9.18 Å². The Morgan fingerprint density at radius 3 is 2.56 bits per heavy atom. The van der Waals surface area contributed by atoms with Crippen molar-refractivity contribution in [1.82, 2.24) is 10.2 Å². The molecular formula is C25H24FN3O4S. The molecule has 2 heterocycles. The van der Waals surface area contributed by atoms with Gasteiger partial charge in [0, 0.05) is 11.7 Å². The highest BCUT2D eigenvalue weighted by Gasteiger charge is 2.47. The van der Waals surface area contributed by atoms with Gasteiger partial charge in [0.05, 0.1) is 11.4 Å². The number of benzene rings is 2. The first-order valence-corrected chi connectivity index (χ1v) is 11.7. The Morgan fingerprint density at radius 2 is 1.88 bits per heavy atom. The van der Waals surface area contributed by atoms with E-state index in [1.165, 1.54) is 28.4 Å². The van der Waals surface area contributed by atoms with Gasteiger partial charge in [-0.3, -0.25) is 14.5 Å². The van der Waals surface area contributed by atoms with E-state index in [4.69, 9.17) is 4.74 Å². The van der Waals surface area contributed by atoms with E-state index in [0.717, 1.165) is 0 Å². The number of halogens is 1. The maximum absolute atomic E-state index is 13.3. The van der Waals surface area contributed by atoms with E-state index in [-0.39, 0.29) is 30.2 Å². The number of nitrogens with one attached hydrogen (secondary N) is 2. The van der Waals surface area contributed by atoms with Gasteiger partial charge in [0.2, 0.25) is 5.91 Å². The second-order valence-electron chi connectivity index (χ2n) is 8.22. The van der Waals surface area contributed by atoms with Gasteiger partial charge in [-0.1, -0.05) is 30.3 Å². The third-order valence-electron chi connectivity index (χ3n) is 5.27. The molecule has 1 aliphatic rings. The zero-order valence-electron chi connectivity index (χ0n) is 18.7. The van der Waals surface area contributed by atoms with Crippen LogP contribution in [0, 0.1) is 5.82 Å². The summed E-state index contributed by atoms with van der Waals surface area (Å²) in [5.41, 5.74) is 1.76. The van der Waals surface area contributed by atoms with Crippen LogP contribution in [0.5, 0.6) is 0 Å². The number of cyclic esters (lactones) is 1. The molecule has 1 fully saturated rings. The summed E-state index contributed by atoms with van der Waals surface area (Å²) in [7, 11) is 0. The predicted molar refractivity (Wildman–Crippen MR) is 127 cm³/mol. The summed E-state index contributed by atoms with van der Waals surface area (Å²) < 4.78 is 19.0. The van der Waals surface area contributed by atoms with Crippen LogP contribution in [0.3, 0.4) is 0 Å². The van der Waals surface area contributed by atoms with Gasteiger partial charge in [0.15, 0.2) is 12.1 Å². The van der Waals surface area contributed by atoms with E-state index in [1.54, 1.807) is 48.5 Å². The molecule has 1 saturated heterocycles. The Kier molecular flexibility index (Phi) is 6.93. The van der Waals surface area contributed by atoms with Gasteiger partial charge in [-0.05, 0) is 60.7 Å². The van der Waals surface area contributed by atoms with E-state index in [2.05, 4.69) is 10.6 Å². The monoisotopic (exact) mass is 481 g/mol. The first kappa shape index (κ1) is 23.4. The van der Waals surface area contributed by atoms with Crippen molar-refractivity contribution >= 4 is 34.9 Å². The van der Waals surface area contributed by atoms with Crippen molar-refractivity contribution in [3.05, 3.63) is 87.9 Å². The number of ether oxygens (including phenoxy) is 1. The molecule has 4 rings (SSSR count). The number of nitrogens with zero attached hydrogens (tertiary/aromatic N) is 1. The van der Waals surface area contributed by atoms with Gasteiger partial charge >= 0.3 is 6.09 Å². The minimum absolute atomic E-state index is 0.0839. The molecule has 34 heavy (non-hydrogen) atoms. The average molecular weight is 482 g/mol. The molecule has 1 aromatic heterocycles. The fourth-order valence-electron chi connectivity index (χ4n) is 3.76. The summed E-state index contributed by atoms with van der Waals surface area (Å²) in [4.78, 5) is 40.3. The molecule has 176 valence electrons. The van der Waals surface area contributed by atoms with Gasteiger partial charge < -0.3 is 15.4 Å². The Balaban J connectivity index is 1.61. The second kappa shape index (κ2) is 10.0. The average Bonchev–Trinajstić information content (AvgIpc) is 3.44. The molecule has 1 aliphatic heterocycles. The van der Waals surface area contributed by atoms with Crippen molar-refractivity contribution < 1.29 is 23.5 Å². The summed E-state index contributed by atoms with van der Waals surface area (Å²) in [5.74, 6) is -0.996. The summed E-state index contributed by atoms with van der Waals surface area (Å²) in [6.07, 6.45) is -1.53. The van der Waals surface area contributed by atoms with Crippen LogP contribution in [0.25, 0.3) is 0 Å². The molecule has 0 spiro atoms. The fourth-order valence-corrected chi connectivity index (χ4v) is 4.38. The van der Waals surface area contributed by atoms with E-state index >= 15 is 0 Å². The number of rotatable bonds is 7. The summed E-state index contributed by atoms with van der Waals surface area (Å²) >= 11 is 1.33. The lowest BCUT2D eigenvalue weighted by Crippen LogP contribution is -2.48. The van der Waals surface area contributed by atoms with Crippen molar-refractivity contribution in [3.63, 3.8) is 0 Å². The van der Waals surface area contributed by atoms with Crippen molar-refractivity contribution in [1.29, 1.82) is 0 Å². The van der Waals surface area contributed by atoms with Crippen molar-refractivity contribution in [2.45, 2.75) is 38.6 Å². The highest BCUT2D eigenvalue weighted by Crippen LogP contribution is 2.35. The van der Waals surface area contributed by atoms with Crippen molar-refractivity contribution in [2.24, 2.45) is 0 Å². The van der Waals surface area contributed by atoms with Crippen molar-refractivity contribution in [2.75, 3.05) is 5.32 Å². The van der Waals surface area contributed by atoms with Gasteiger partial charge in [0.1, 0.15) is 5.82 Å². The van der Waals surface area contributed by atoms with E-state index in [0.29, 0.717) is 21.7 Å². The van der Waals surface area contributed by atoms with E-state index < -0.39 is 18.2 Å². The predicted octanol–water partition coefficient (Wildman–Crippen LogP) is 4.73. The van der Waals surface area contributed by atoms with Gasteiger partial charge in [-0.15, -0.1) is 11.3 Å². The maximum Gasteiger partial charge on any atom is 0.411 e. The van der Waals surface area contributed by atoms with Crippen LogP contribution < -0.4 is 10.6 Å². The topological polar surface area (TPSA) is 87.7 Å². The van der Waals surface area contributed by atoms with Gasteiger partial charge in [0.25, 0.3) is 5.91 Å². The molecule has 0 radical (unpaired) electrons. The SMILES string of the molecule is CC(C)NC(=O)C1C(c2cccc(NC(=O)c3cccs3)c2)OC(=O)N1Cc1ccc(F)cc1. The molecule has 0 aliphatic carbocycles. The molecular weight excluding hydrogens is 457 g/mol. The number of thiophene rings is 1. The van der Waals surface area contributed by atoms with Crippen LogP contribution in [-0.2, 0) is 16.1 Å². The van der Waals surface area contributed by atoms with E-state index in [9.17, 15) is 18.8 Å². The quantitative estimate of drug-likeness (QED) is 0.511. The molecule has 2 N–H and O–H groups in total. The molecule has 3 aromatic rings. The maximum atomic E-state index is 13.3. The summed E-state index contributed by atoms with van der Waals surface area (Å²) in [6, 6.07) is 15.1. The zero-order chi connectivity index (χ0) is 24.2. The smallest absolute Gasteiger partial charge is 0.411 e. The largest absolute Gasteiger partial charge is 0.438 e. The molecule has 2 unspecified atom stereocenters. The highest BCUT2D eigenvalue weighted by molar-refractivity contribution is 7.12. The normalized spacial score (nSPS) is 17.5. The Morgan fingerprint density at radius 1 is 1.12 bits per heavy atom. The van der Waals surface area contributed by atoms with Crippen LogP contribution in [0.15, 0.2) is 66.0 Å². The first-order valence-electron chi connectivity index (χ1n) is 10.8. The van der Waals surface area contributed by atoms with Gasteiger partial charge in [-0.2, -0.15) is 0 Å². The summed E-state index contributed by atoms with van der Waals surface area (Å²) in [6.45, 7) is 3.74. The first-order chi connectivity index (χ1) is 16.3. The fraction of sp³-hybridized carbons (Fsp3) is 0.240. The Hall–Kier alpha value is -3.72. The molecule has 9 heteroatoms. The third-order valence-corrected chi connectivity index (χ3v) is 6.14. The Bertz CT molecular complexity index is 1180. The number of carbonyl (C=O) groups excluding carboxylic acids is 3. The number of carbonyl (C=O) groups is 3. The lowest BCUT2D eigenvalue weighted by atomic mass is 9.99. The lowest BCUT2D eigenvalue weighted by Gasteiger charge is -2.25. The number of anilines is 1. The molecule has 2 atom stereocenters. The highest BCUT2D eigenvalue weighted by atomic mass is 32.1. The van der Waals surface area contributed by atoms with E-state index in [1.807, 2.05) is 19.2 Å². The van der Waals surface area contributed by atoms with Crippen LogP contribution in [0.1, 0.15) is 40.8 Å². The molecule has 2 aromatic carbocycles. The van der Waals surface area contributed by atoms with Crippen molar-refractivity contribution in [3.8, 4) is 0 Å². The van der Waals surface area contributed by atoms with Crippen LogP contribution in [0.4, 0.5) is 14.9 Å². The molecule has 0 saturated carbocycles. The zero-order valence-corrected chi connectivity index (χ0v) is 19.5. The molecule has 3 amide bonds. The Labute approximate surface area is 200 Å². The minimum atomic E-state index is -0.941. The number of hydrogen-bond donors (Lipinski definition) is 2. The number of hydrogen-bond acceptors (Lipinski definition) is 5. The molecule has 0 bridgehead atoms. The van der Waals surface area contributed by atoms with Crippen LogP contribution in [-0.4, -0.2) is 34.9 Å². The minimum Gasteiger partial charge on any atom is -0.438 e.